The predicted molar refractivity (Wildman–Crippen MR) is 59.8 cm³/mol. The zero-order valence-corrected chi connectivity index (χ0v) is 10.3. The number of aromatic nitrogens is 1. The molecule has 0 aliphatic heterocycles. The third-order valence-electron chi connectivity index (χ3n) is 1.64. The number of rotatable bonds is 0. The van der Waals surface area contributed by atoms with E-state index in [1.807, 2.05) is 6.07 Å². The Morgan fingerprint density at radius 1 is 1.33 bits per heavy atom. The molecule has 0 aliphatic rings. The standard InChI is InChI=1S/C8H5Br2NS/c1-4-2-7-6(3-5(4)9)11-8(10)12-7/h2-3H,1H3. The van der Waals surface area contributed by atoms with Crippen LogP contribution in [0.2, 0.25) is 0 Å². The molecule has 2 aromatic rings. The summed E-state index contributed by atoms with van der Waals surface area (Å²) in [6, 6.07) is 4.19. The van der Waals surface area contributed by atoms with E-state index in [2.05, 4.69) is 49.8 Å². The van der Waals surface area contributed by atoms with Gasteiger partial charge in [0.1, 0.15) is 0 Å². The quantitative estimate of drug-likeness (QED) is 0.713. The Balaban J connectivity index is 2.83. The SMILES string of the molecule is Cc1cc2sc(Br)nc2cc1Br. The maximum Gasteiger partial charge on any atom is 0.160 e. The number of hydrogen-bond donors (Lipinski definition) is 0. The van der Waals surface area contributed by atoms with Gasteiger partial charge in [0, 0.05) is 4.47 Å². The summed E-state index contributed by atoms with van der Waals surface area (Å²) >= 11 is 8.50. The summed E-state index contributed by atoms with van der Waals surface area (Å²) < 4.78 is 3.28. The molecule has 0 bridgehead atoms. The Hall–Kier alpha value is 0.0700. The lowest BCUT2D eigenvalue weighted by Gasteiger charge is -1.95. The summed E-state index contributed by atoms with van der Waals surface area (Å²) in [5, 5.41) is 0. The maximum absolute atomic E-state index is 4.32. The highest BCUT2D eigenvalue weighted by Gasteiger charge is 2.03. The molecule has 2 rings (SSSR count). The van der Waals surface area contributed by atoms with E-state index in [0.29, 0.717) is 0 Å². The van der Waals surface area contributed by atoms with E-state index in [1.54, 1.807) is 11.3 Å². The van der Waals surface area contributed by atoms with Crippen molar-refractivity contribution < 1.29 is 0 Å². The monoisotopic (exact) mass is 305 g/mol. The van der Waals surface area contributed by atoms with Crippen molar-refractivity contribution in [2.24, 2.45) is 0 Å². The Morgan fingerprint density at radius 3 is 2.83 bits per heavy atom. The Kier molecular flexibility index (Phi) is 2.23. The molecule has 0 radical (unpaired) electrons. The van der Waals surface area contributed by atoms with Crippen molar-refractivity contribution in [3.8, 4) is 0 Å². The van der Waals surface area contributed by atoms with Crippen LogP contribution in [0.15, 0.2) is 20.5 Å². The van der Waals surface area contributed by atoms with E-state index in [-0.39, 0.29) is 0 Å². The van der Waals surface area contributed by atoms with E-state index in [4.69, 9.17) is 0 Å². The Morgan fingerprint density at radius 2 is 2.08 bits per heavy atom. The van der Waals surface area contributed by atoms with Gasteiger partial charge in [0.25, 0.3) is 0 Å². The number of halogens is 2. The van der Waals surface area contributed by atoms with E-state index < -0.39 is 0 Å². The average molecular weight is 307 g/mol. The third kappa shape index (κ3) is 1.43. The molecule has 4 heteroatoms. The number of hydrogen-bond acceptors (Lipinski definition) is 2. The van der Waals surface area contributed by atoms with Crippen molar-refractivity contribution in [1.82, 2.24) is 4.98 Å². The lowest BCUT2D eigenvalue weighted by atomic mass is 10.2. The van der Waals surface area contributed by atoms with Gasteiger partial charge in [-0.1, -0.05) is 15.9 Å². The van der Waals surface area contributed by atoms with Crippen LogP contribution in [0.4, 0.5) is 0 Å². The molecule has 0 amide bonds. The molecule has 0 spiro atoms. The second-order valence-corrected chi connectivity index (χ2v) is 5.70. The molecular weight excluding hydrogens is 302 g/mol. The summed E-state index contributed by atoms with van der Waals surface area (Å²) in [5.74, 6) is 0. The number of fused-ring (bicyclic) bond motifs is 1. The van der Waals surface area contributed by atoms with Gasteiger partial charge in [-0.25, -0.2) is 4.98 Å². The molecule has 1 heterocycles. The smallest absolute Gasteiger partial charge is 0.160 e. The molecule has 0 fully saturated rings. The van der Waals surface area contributed by atoms with Crippen LogP contribution in [0, 0.1) is 6.92 Å². The van der Waals surface area contributed by atoms with Crippen LogP contribution in [0.25, 0.3) is 10.2 Å². The van der Waals surface area contributed by atoms with Crippen LogP contribution in [0.3, 0.4) is 0 Å². The molecule has 62 valence electrons. The van der Waals surface area contributed by atoms with Gasteiger partial charge in [-0.3, -0.25) is 0 Å². The van der Waals surface area contributed by atoms with Gasteiger partial charge >= 0.3 is 0 Å². The van der Waals surface area contributed by atoms with E-state index in [1.165, 1.54) is 10.3 Å². The zero-order chi connectivity index (χ0) is 8.72. The molecule has 0 N–H and O–H groups in total. The van der Waals surface area contributed by atoms with Gasteiger partial charge in [-0.2, -0.15) is 0 Å². The highest BCUT2D eigenvalue weighted by molar-refractivity contribution is 9.11. The number of aryl methyl sites for hydroxylation is 1. The van der Waals surface area contributed by atoms with Gasteiger partial charge in [0.05, 0.1) is 10.2 Å². The second kappa shape index (κ2) is 3.09. The van der Waals surface area contributed by atoms with Gasteiger partial charge in [0.2, 0.25) is 0 Å². The summed E-state index contributed by atoms with van der Waals surface area (Å²) in [6.45, 7) is 2.08. The minimum Gasteiger partial charge on any atom is -0.229 e. The molecule has 0 unspecified atom stereocenters. The fourth-order valence-electron chi connectivity index (χ4n) is 1.02. The highest BCUT2D eigenvalue weighted by Crippen LogP contribution is 2.30. The first kappa shape index (κ1) is 8.66. The summed E-state index contributed by atoms with van der Waals surface area (Å²) in [5.41, 5.74) is 2.29. The summed E-state index contributed by atoms with van der Waals surface area (Å²) in [6.07, 6.45) is 0. The van der Waals surface area contributed by atoms with Crippen LogP contribution < -0.4 is 0 Å². The molecule has 0 saturated heterocycles. The van der Waals surface area contributed by atoms with Crippen LogP contribution in [-0.2, 0) is 0 Å². The van der Waals surface area contributed by atoms with Gasteiger partial charge in [0.15, 0.2) is 3.92 Å². The fourth-order valence-corrected chi connectivity index (χ4v) is 2.84. The largest absolute Gasteiger partial charge is 0.229 e. The first-order valence-electron chi connectivity index (χ1n) is 3.39. The van der Waals surface area contributed by atoms with Crippen molar-refractivity contribution in [3.63, 3.8) is 0 Å². The Labute approximate surface area is 91.1 Å². The number of benzene rings is 1. The topological polar surface area (TPSA) is 12.9 Å². The number of nitrogens with zero attached hydrogens (tertiary/aromatic N) is 1. The summed E-state index contributed by atoms with van der Waals surface area (Å²) in [4.78, 5) is 4.32. The summed E-state index contributed by atoms with van der Waals surface area (Å²) in [7, 11) is 0. The average Bonchev–Trinajstić information content (AvgIpc) is 2.30. The molecule has 0 aliphatic carbocycles. The Bertz CT molecular complexity index is 397. The highest BCUT2D eigenvalue weighted by atomic mass is 79.9. The van der Waals surface area contributed by atoms with Crippen LogP contribution in [-0.4, -0.2) is 4.98 Å². The molecule has 12 heavy (non-hydrogen) atoms. The van der Waals surface area contributed by atoms with Crippen molar-refractivity contribution in [2.45, 2.75) is 6.92 Å². The van der Waals surface area contributed by atoms with Crippen LogP contribution in [0.1, 0.15) is 5.56 Å². The molecule has 1 nitrogen and oxygen atoms in total. The zero-order valence-electron chi connectivity index (χ0n) is 6.27. The van der Waals surface area contributed by atoms with Crippen molar-refractivity contribution in [2.75, 3.05) is 0 Å². The van der Waals surface area contributed by atoms with Gasteiger partial charge in [-0.15, -0.1) is 11.3 Å². The van der Waals surface area contributed by atoms with E-state index in [9.17, 15) is 0 Å². The fraction of sp³-hybridized carbons (Fsp3) is 0.125. The molecular formula is C8H5Br2NS. The van der Waals surface area contributed by atoms with Gasteiger partial charge < -0.3 is 0 Å². The maximum atomic E-state index is 4.32. The minimum atomic E-state index is 0.940. The lowest BCUT2D eigenvalue weighted by molar-refractivity contribution is 1.41. The van der Waals surface area contributed by atoms with Crippen LogP contribution >= 0.6 is 43.2 Å². The number of thiazole rings is 1. The normalized spacial score (nSPS) is 10.9. The van der Waals surface area contributed by atoms with E-state index in [0.717, 1.165) is 13.9 Å². The molecule has 1 aromatic heterocycles. The molecule has 1 aromatic carbocycles. The van der Waals surface area contributed by atoms with Crippen molar-refractivity contribution >= 4 is 53.4 Å². The molecule has 0 atom stereocenters. The van der Waals surface area contributed by atoms with Crippen LogP contribution in [0.5, 0.6) is 0 Å². The third-order valence-corrected chi connectivity index (χ3v) is 3.97. The minimum absolute atomic E-state index is 0.940. The van der Waals surface area contributed by atoms with Crippen molar-refractivity contribution in [3.05, 3.63) is 26.1 Å². The molecule has 0 saturated carbocycles. The van der Waals surface area contributed by atoms with Gasteiger partial charge in [-0.05, 0) is 40.5 Å². The van der Waals surface area contributed by atoms with Crippen molar-refractivity contribution in [1.29, 1.82) is 0 Å². The lowest BCUT2D eigenvalue weighted by Crippen LogP contribution is -1.74. The predicted octanol–water partition coefficient (Wildman–Crippen LogP) is 4.13. The second-order valence-electron chi connectivity index (χ2n) is 2.54. The van der Waals surface area contributed by atoms with E-state index >= 15 is 0 Å². The first-order valence-corrected chi connectivity index (χ1v) is 5.79. The first-order chi connectivity index (χ1) is 5.66.